The second-order valence-electron chi connectivity index (χ2n) is 5.15. The molecule has 6 heteroatoms. The quantitative estimate of drug-likeness (QED) is 0.918. The molecule has 1 aliphatic heterocycles. The number of carboxylic acid groups (broad SMARTS) is 1. The normalized spacial score (nSPS) is 23.2. The Labute approximate surface area is 121 Å². The van der Waals surface area contributed by atoms with Gasteiger partial charge in [0.05, 0.1) is 5.56 Å². The molecule has 0 bridgehead atoms. The van der Waals surface area contributed by atoms with Gasteiger partial charge in [0.25, 0.3) is 6.01 Å². The highest BCUT2D eigenvalue weighted by atomic mass is 32.2. The molecule has 5 nitrogen and oxygen atoms in total. The van der Waals surface area contributed by atoms with E-state index in [1.165, 1.54) is 6.07 Å². The standard InChI is InChI=1S/C14H16N2O3S/c1-8-6-16(7-9(2)20-8)14-15-11-4-3-10(13(17)18)5-12(11)19-14/h3-5,8-9H,6-7H2,1-2H3,(H,17,18). The highest BCUT2D eigenvalue weighted by Crippen LogP contribution is 2.30. The highest BCUT2D eigenvalue weighted by Gasteiger charge is 2.25. The van der Waals surface area contributed by atoms with Crippen molar-refractivity contribution in [1.29, 1.82) is 0 Å². The van der Waals surface area contributed by atoms with E-state index in [1.54, 1.807) is 12.1 Å². The van der Waals surface area contributed by atoms with Gasteiger partial charge in [-0.05, 0) is 18.2 Å². The molecule has 20 heavy (non-hydrogen) atoms. The summed E-state index contributed by atoms with van der Waals surface area (Å²) in [6, 6.07) is 5.35. The number of hydrogen-bond acceptors (Lipinski definition) is 5. The highest BCUT2D eigenvalue weighted by molar-refractivity contribution is 8.00. The van der Waals surface area contributed by atoms with Gasteiger partial charge in [0.1, 0.15) is 5.52 Å². The van der Waals surface area contributed by atoms with Crippen LogP contribution in [-0.4, -0.2) is 39.6 Å². The molecular weight excluding hydrogens is 276 g/mol. The second kappa shape index (κ2) is 5.01. The van der Waals surface area contributed by atoms with Crippen molar-refractivity contribution in [3.63, 3.8) is 0 Å². The summed E-state index contributed by atoms with van der Waals surface area (Å²) in [4.78, 5) is 17.6. The molecule has 1 fully saturated rings. The Hall–Kier alpha value is -1.69. The van der Waals surface area contributed by atoms with Crippen molar-refractivity contribution in [2.75, 3.05) is 18.0 Å². The van der Waals surface area contributed by atoms with E-state index in [9.17, 15) is 4.79 Å². The molecule has 2 heterocycles. The molecule has 0 radical (unpaired) electrons. The minimum Gasteiger partial charge on any atom is -0.478 e. The van der Waals surface area contributed by atoms with Crippen LogP contribution >= 0.6 is 11.8 Å². The molecule has 0 amide bonds. The summed E-state index contributed by atoms with van der Waals surface area (Å²) in [6.45, 7) is 6.18. The van der Waals surface area contributed by atoms with Crippen molar-refractivity contribution in [1.82, 2.24) is 4.98 Å². The maximum Gasteiger partial charge on any atom is 0.335 e. The lowest BCUT2D eigenvalue weighted by Gasteiger charge is -2.33. The fourth-order valence-corrected chi connectivity index (χ4v) is 3.84. The van der Waals surface area contributed by atoms with E-state index in [0.717, 1.165) is 13.1 Å². The van der Waals surface area contributed by atoms with Gasteiger partial charge in [-0.2, -0.15) is 16.7 Å². The molecule has 0 aliphatic carbocycles. The summed E-state index contributed by atoms with van der Waals surface area (Å²) < 4.78 is 5.74. The number of carbonyl (C=O) groups is 1. The Bertz CT molecular complexity index is 645. The van der Waals surface area contributed by atoms with Gasteiger partial charge < -0.3 is 14.4 Å². The summed E-state index contributed by atoms with van der Waals surface area (Å²) in [5.41, 5.74) is 1.44. The Morgan fingerprint density at radius 1 is 1.40 bits per heavy atom. The number of anilines is 1. The third-order valence-corrected chi connectivity index (χ3v) is 4.54. The number of nitrogens with zero attached hydrogens (tertiary/aromatic N) is 2. The van der Waals surface area contributed by atoms with Crippen molar-refractivity contribution >= 4 is 34.8 Å². The van der Waals surface area contributed by atoms with Gasteiger partial charge in [0, 0.05) is 23.6 Å². The van der Waals surface area contributed by atoms with Crippen LogP contribution in [0.5, 0.6) is 0 Å². The molecule has 0 saturated carbocycles. The molecule has 1 aromatic heterocycles. The van der Waals surface area contributed by atoms with Gasteiger partial charge in [-0.3, -0.25) is 0 Å². The van der Waals surface area contributed by atoms with Crippen LogP contribution in [0.2, 0.25) is 0 Å². The van der Waals surface area contributed by atoms with Crippen LogP contribution < -0.4 is 4.90 Å². The minimum absolute atomic E-state index is 0.219. The molecule has 2 unspecified atom stereocenters. The largest absolute Gasteiger partial charge is 0.478 e. The lowest BCUT2D eigenvalue weighted by Crippen LogP contribution is -2.40. The monoisotopic (exact) mass is 292 g/mol. The Morgan fingerprint density at radius 2 is 2.10 bits per heavy atom. The van der Waals surface area contributed by atoms with E-state index >= 15 is 0 Å². The maximum absolute atomic E-state index is 11.0. The van der Waals surface area contributed by atoms with Crippen LogP contribution in [0.15, 0.2) is 22.6 Å². The number of carboxylic acids is 1. The Morgan fingerprint density at radius 3 is 2.75 bits per heavy atom. The summed E-state index contributed by atoms with van der Waals surface area (Å²) >= 11 is 1.96. The summed E-state index contributed by atoms with van der Waals surface area (Å²) in [7, 11) is 0. The second-order valence-corrected chi connectivity index (χ2v) is 7.03. The van der Waals surface area contributed by atoms with Gasteiger partial charge in [0.15, 0.2) is 5.58 Å². The fourth-order valence-electron chi connectivity index (χ4n) is 2.51. The SMILES string of the molecule is CC1CN(c2nc3ccc(C(=O)O)cc3o2)CC(C)S1. The molecule has 106 valence electrons. The molecular formula is C14H16N2O3S. The van der Waals surface area contributed by atoms with Gasteiger partial charge in [-0.15, -0.1) is 0 Å². The third-order valence-electron chi connectivity index (χ3n) is 3.31. The number of aromatic carboxylic acids is 1. The minimum atomic E-state index is -0.957. The predicted octanol–water partition coefficient (Wildman–Crippen LogP) is 2.86. The van der Waals surface area contributed by atoms with Crippen molar-refractivity contribution in [3.8, 4) is 0 Å². The number of oxazole rings is 1. The first-order valence-corrected chi connectivity index (χ1v) is 7.51. The number of benzene rings is 1. The zero-order valence-corrected chi connectivity index (χ0v) is 12.2. The molecule has 3 rings (SSSR count). The van der Waals surface area contributed by atoms with Crippen LogP contribution in [0.1, 0.15) is 24.2 Å². The molecule has 1 aromatic carbocycles. The van der Waals surface area contributed by atoms with Crippen molar-refractivity contribution in [3.05, 3.63) is 23.8 Å². The first-order valence-electron chi connectivity index (χ1n) is 6.57. The summed E-state index contributed by atoms with van der Waals surface area (Å²) in [5.74, 6) is -0.957. The molecule has 1 aliphatic rings. The smallest absolute Gasteiger partial charge is 0.335 e. The van der Waals surface area contributed by atoms with Gasteiger partial charge >= 0.3 is 5.97 Å². The summed E-state index contributed by atoms with van der Waals surface area (Å²) in [5, 5.41) is 10.1. The van der Waals surface area contributed by atoms with Crippen LogP contribution in [0, 0.1) is 0 Å². The Balaban J connectivity index is 1.94. The number of rotatable bonds is 2. The average Bonchev–Trinajstić information content (AvgIpc) is 2.80. The zero-order valence-electron chi connectivity index (χ0n) is 11.4. The van der Waals surface area contributed by atoms with Gasteiger partial charge in [-0.25, -0.2) is 4.79 Å². The number of fused-ring (bicyclic) bond motifs is 1. The van der Waals surface area contributed by atoms with Gasteiger partial charge in [-0.1, -0.05) is 13.8 Å². The average molecular weight is 292 g/mol. The molecule has 0 spiro atoms. The van der Waals surface area contributed by atoms with E-state index in [-0.39, 0.29) is 5.56 Å². The van der Waals surface area contributed by atoms with E-state index in [2.05, 4.69) is 23.7 Å². The topological polar surface area (TPSA) is 66.6 Å². The van der Waals surface area contributed by atoms with Crippen molar-refractivity contribution < 1.29 is 14.3 Å². The lowest BCUT2D eigenvalue weighted by molar-refractivity contribution is 0.0697. The van der Waals surface area contributed by atoms with Crippen LogP contribution in [0.4, 0.5) is 6.01 Å². The summed E-state index contributed by atoms with van der Waals surface area (Å²) in [6.07, 6.45) is 0. The molecule has 1 saturated heterocycles. The molecule has 2 atom stereocenters. The van der Waals surface area contributed by atoms with E-state index in [0.29, 0.717) is 27.6 Å². The Kier molecular flexibility index (Phi) is 3.33. The van der Waals surface area contributed by atoms with Gasteiger partial charge in [0.2, 0.25) is 0 Å². The van der Waals surface area contributed by atoms with Crippen LogP contribution in [-0.2, 0) is 0 Å². The van der Waals surface area contributed by atoms with E-state index in [4.69, 9.17) is 9.52 Å². The number of aromatic nitrogens is 1. The van der Waals surface area contributed by atoms with E-state index < -0.39 is 5.97 Å². The number of hydrogen-bond donors (Lipinski definition) is 1. The van der Waals surface area contributed by atoms with Crippen LogP contribution in [0.3, 0.4) is 0 Å². The fraction of sp³-hybridized carbons (Fsp3) is 0.429. The van der Waals surface area contributed by atoms with Crippen LogP contribution in [0.25, 0.3) is 11.1 Å². The first kappa shape index (κ1) is 13.3. The first-order chi connectivity index (χ1) is 9.52. The van der Waals surface area contributed by atoms with Crippen molar-refractivity contribution in [2.45, 2.75) is 24.3 Å². The van der Waals surface area contributed by atoms with E-state index in [1.807, 2.05) is 11.8 Å². The van der Waals surface area contributed by atoms with Crippen molar-refractivity contribution in [2.24, 2.45) is 0 Å². The zero-order chi connectivity index (χ0) is 14.3. The lowest BCUT2D eigenvalue weighted by atomic mass is 10.2. The maximum atomic E-state index is 11.0. The molecule has 2 aromatic rings. The third kappa shape index (κ3) is 2.47. The number of thioether (sulfide) groups is 1. The predicted molar refractivity (Wildman–Crippen MR) is 79.7 cm³/mol. The molecule has 1 N–H and O–H groups in total.